The number of hydrogen-bond donors (Lipinski definition) is 3. The molecule has 0 spiro atoms. The Labute approximate surface area is 149 Å². The highest BCUT2D eigenvalue weighted by Gasteiger charge is 2.03. The lowest BCUT2D eigenvalue weighted by atomic mass is 10.1. The van der Waals surface area contributed by atoms with Crippen LogP contribution in [0.4, 0.5) is 0 Å². The van der Waals surface area contributed by atoms with E-state index in [0.29, 0.717) is 12.1 Å². The minimum Gasteiger partial charge on any atom is -0.356 e. The number of benzene rings is 2. The van der Waals surface area contributed by atoms with E-state index in [1.807, 2.05) is 30.3 Å². The lowest BCUT2D eigenvalue weighted by molar-refractivity contribution is 0.0953. The molecule has 3 N–H and O–H groups in total. The monoisotopic (exact) mass is 338 g/mol. The lowest BCUT2D eigenvalue weighted by Gasteiger charge is -2.12. The average molecular weight is 338 g/mol. The fourth-order valence-electron chi connectivity index (χ4n) is 2.30. The molecule has 132 valence electrons. The Bertz CT molecular complexity index is 681. The van der Waals surface area contributed by atoms with Crippen LogP contribution in [0.25, 0.3) is 0 Å². The van der Waals surface area contributed by atoms with Crippen molar-refractivity contribution in [3.63, 3.8) is 0 Å². The first-order valence-corrected chi connectivity index (χ1v) is 8.52. The molecule has 0 fully saturated rings. The highest BCUT2D eigenvalue weighted by atomic mass is 16.1. The van der Waals surface area contributed by atoms with Gasteiger partial charge in [0.1, 0.15) is 0 Å². The Kier molecular flexibility index (Phi) is 7.50. The summed E-state index contributed by atoms with van der Waals surface area (Å²) in [6.07, 6.45) is 0.823. The maximum atomic E-state index is 11.9. The average Bonchev–Trinajstić information content (AvgIpc) is 2.65. The van der Waals surface area contributed by atoms with Crippen molar-refractivity contribution >= 4 is 11.9 Å². The van der Waals surface area contributed by atoms with Crippen LogP contribution >= 0.6 is 0 Å². The van der Waals surface area contributed by atoms with E-state index in [4.69, 9.17) is 0 Å². The van der Waals surface area contributed by atoms with Gasteiger partial charge in [-0.1, -0.05) is 48.0 Å². The van der Waals surface area contributed by atoms with Crippen LogP contribution in [0.5, 0.6) is 0 Å². The molecule has 5 heteroatoms. The molecular weight excluding hydrogens is 312 g/mol. The van der Waals surface area contributed by atoms with Crippen molar-refractivity contribution < 1.29 is 4.79 Å². The summed E-state index contributed by atoms with van der Waals surface area (Å²) in [4.78, 5) is 16.1. The number of aryl methyl sites for hydroxylation is 1. The normalized spacial score (nSPS) is 11.0. The second-order valence-corrected chi connectivity index (χ2v) is 5.81. The van der Waals surface area contributed by atoms with Crippen molar-refractivity contribution in [3.05, 3.63) is 71.3 Å². The van der Waals surface area contributed by atoms with E-state index in [0.717, 1.165) is 25.5 Å². The van der Waals surface area contributed by atoms with Crippen molar-refractivity contribution in [1.29, 1.82) is 0 Å². The Morgan fingerprint density at radius 1 is 0.920 bits per heavy atom. The maximum absolute atomic E-state index is 11.9. The lowest BCUT2D eigenvalue weighted by Crippen LogP contribution is -2.38. The zero-order chi connectivity index (χ0) is 17.9. The van der Waals surface area contributed by atoms with Crippen LogP contribution < -0.4 is 16.0 Å². The summed E-state index contributed by atoms with van der Waals surface area (Å²) in [6.45, 7) is 4.16. The number of rotatable bonds is 7. The van der Waals surface area contributed by atoms with Gasteiger partial charge in [0.25, 0.3) is 5.91 Å². The first-order chi connectivity index (χ1) is 12.2. The minimum atomic E-state index is -0.0394. The van der Waals surface area contributed by atoms with Crippen LogP contribution in [0.3, 0.4) is 0 Å². The maximum Gasteiger partial charge on any atom is 0.251 e. The molecule has 1 amide bonds. The molecule has 0 aromatic heterocycles. The largest absolute Gasteiger partial charge is 0.356 e. The third-order valence-corrected chi connectivity index (χ3v) is 3.77. The smallest absolute Gasteiger partial charge is 0.251 e. The third-order valence-electron chi connectivity index (χ3n) is 3.77. The first-order valence-electron chi connectivity index (χ1n) is 8.52. The van der Waals surface area contributed by atoms with Gasteiger partial charge in [-0.25, -0.2) is 0 Å². The second-order valence-electron chi connectivity index (χ2n) is 5.81. The summed E-state index contributed by atoms with van der Waals surface area (Å²) in [6, 6.07) is 17.7. The molecule has 0 unspecified atom stereocenters. The van der Waals surface area contributed by atoms with Crippen LogP contribution in [-0.2, 0) is 6.54 Å². The van der Waals surface area contributed by atoms with Gasteiger partial charge in [0, 0.05) is 32.2 Å². The van der Waals surface area contributed by atoms with E-state index in [-0.39, 0.29) is 5.91 Å². The molecule has 5 nitrogen and oxygen atoms in total. The minimum absolute atomic E-state index is 0.0394. The number of nitrogens with one attached hydrogen (secondary N) is 3. The zero-order valence-corrected chi connectivity index (χ0v) is 14.9. The molecule has 0 atom stereocenters. The Hall–Kier alpha value is -2.82. The third kappa shape index (κ3) is 6.67. The summed E-state index contributed by atoms with van der Waals surface area (Å²) < 4.78 is 0. The molecule has 0 heterocycles. The van der Waals surface area contributed by atoms with Crippen LogP contribution in [0.1, 0.15) is 27.9 Å². The number of hydrogen-bond acceptors (Lipinski definition) is 2. The SMILES string of the molecule is CN=C(NCCCNC(=O)c1ccccc1)NCc1ccc(C)cc1. The summed E-state index contributed by atoms with van der Waals surface area (Å²) in [5.41, 5.74) is 3.15. The molecule has 25 heavy (non-hydrogen) atoms. The molecule has 0 aliphatic heterocycles. The van der Waals surface area contributed by atoms with Gasteiger partial charge < -0.3 is 16.0 Å². The number of aliphatic imine (C=N–C) groups is 1. The predicted molar refractivity (Wildman–Crippen MR) is 103 cm³/mol. The quantitative estimate of drug-likeness (QED) is 0.413. The topological polar surface area (TPSA) is 65.5 Å². The molecule has 0 saturated heterocycles. The fourth-order valence-corrected chi connectivity index (χ4v) is 2.30. The molecule has 0 aliphatic rings. The number of nitrogens with zero attached hydrogens (tertiary/aromatic N) is 1. The van der Waals surface area contributed by atoms with E-state index in [1.54, 1.807) is 7.05 Å². The summed E-state index contributed by atoms with van der Waals surface area (Å²) >= 11 is 0. The summed E-state index contributed by atoms with van der Waals surface area (Å²) in [5, 5.41) is 9.45. The molecule has 0 bridgehead atoms. The van der Waals surface area contributed by atoms with Gasteiger partial charge in [-0.15, -0.1) is 0 Å². The molecule has 2 aromatic rings. The molecule has 0 saturated carbocycles. The molecule has 0 radical (unpaired) electrons. The zero-order valence-electron chi connectivity index (χ0n) is 14.9. The number of guanidine groups is 1. The van der Waals surface area contributed by atoms with Crippen LogP contribution in [0.15, 0.2) is 59.6 Å². The van der Waals surface area contributed by atoms with Gasteiger partial charge in [-0.05, 0) is 31.0 Å². The van der Waals surface area contributed by atoms with Crippen molar-refractivity contribution in [3.8, 4) is 0 Å². The molecule has 0 aliphatic carbocycles. The van der Waals surface area contributed by atoms with Gasteiger partial charge >= 0.3 is 0 Å². The van der Waals surface area contributed by atoms with Crippen molar-refractivity contribution in [2.45, 2.75) is 19.9 Å². The van der Waals surface area contributed by atoms with Gasteiger partial charge in [0.2, 0.25) is 0 Å². The second kappa shape index (κ2) is 10.1. The van der Waals surface area contributed by atoms with Crippen LogP contribution in [-0.4, -0.2) is 32.0 Å². The van der Waals surface area contributed by atoms with E-state index < -0.39 is 0 Å². The first kappa shape index (κ1) is 18.5. The highest BCUT2D eigenvalue weighted by Crippen LogP contribution is 2.02. The van der Waals surface area contributed by atoms with Crippen molar-refractivity contribution in [2.24, 2.45) is 4.99 Å². The van der Waals surface area contributed by atoms with Crippen LogP contribution in [0.2, 0.25) is 0 Å². The number of carbonyl (C=O) groups excluding carboxylic acids is 1. The van der Waals surface area contributed by atoms with E-state index in [1.165, 1.54) is 11.1 Å². The summed E-state index contributed by atoms with van der Waals surface area (Å²) in [7, 11) is 1.75. The fraction of sp³-hybridized carbons (Fsp3) is 0.300. The number of amides is 1. The van der Waals surface area contributed by atoms with Crippen LogP contribution in [0, 0.1) is 6.92 Å². The molecular formula is C20H26N4O. The Balaban J connectivity index is 1.62. The van der Waals surface area contributed by atoms with E-state index in [2.05, 4.69) is 52.1 Å². The molecule has 2 aromatic carbocycles. The molecule has 2 rings (SSSR count). The van der Waals surface area contributed by atoms with Gasteiger partial charge in [0.05, 0.1) is 0 Å². The van der Waals surface area contributed by atoms with Gasteiger partial charge in [0.15, 0.2) is 5.96 Å². The Morgan fingerprint density at radius 3 is 2.28 bits per heavy atom. The summed E-state index contributed by atoms with van der Waals surface area (Å²) in [5.74, 6) is 0.720. The van der Waals surface area contributed by atoms with Gasteiger partial charge in [-0.3, -0.25) is 9.79 Å². The standard InChI is InChI=1S/C20H26N4O/c1-16-9-11-17(12-10-16)15-24-20(21-2)23-14-6-13-22-19(25)18-7-4-3-5-8-18/h3-5,7-12H,6,13-15H2,1-2H3,(H,22,25)(H2,21,23,24). The highest BCUT2D eigenvalue weighted by molar-refractivity contribution is 5.94. The number of carbonyl (C=O) groups is 1. The van der Waals surface area contributed by atoms with E-state index >= 15 is 0 Å². The van der Waals surface area contributed by atoms with E-state index in [9.17, 15) is 4.79 Å². The van der Waals surface area contributed by atoms with Gasteiger partial charge in [-0.2, -0.15) is 0 Å². The van der Waals surface area contributed by atoms with Crippen molar-refractivity contribution in [2.75, 3.05) is 20.1 Å². The van der Waals surface area contributed by atoms with Crippen molar-refractivity contribution in [1.82, 2.24) is 16.0 Å². The predicted octanol–water partition coefficient (Wildman–Crippen LogP) is 2.48. The Morgan fingerprint density at radius 2 is 1.60 bits per heavy atom.